The van der Waals surface area contributed by atoms with Crippen LogP contribution in [0.4, 0.5) is 10.8 Å². The second-order valence-corrected chi connectivity index (χ2v) is 4.77. The van der Waals surface area contributed by atoms with Gasteiger partial charge >= 0.3 is 0 Å². The van der Waals surface area contributed by atoms with Crippen molar-refractivity contribution >= 4 is 34.0 Å². The summed E-state index contributed by atoms with van der Waals surface area (Å²) < 4.78 is 0. The molecule has 2 rings (SSSR count). The van der Waals surface area contributed by atoms with Crippen LogP contribution in [0.5, 0.6) is 0 Å². The zero-order valence-corrected chi connectivity index (χ0v) is 11.2. The summed E-state index contributed by atoms with van der Waals surface area (Å²) in [4.78, 5) is 26.8. The molecule has 5 nitrogen and oxygen atoms in total. The number of nitrogens with zero attached hydrogens (tertiary/aromatic N) is 1. The zero-order valence-electron chi connectivity index (χ0n) is 10.3. The van der Waals surface area contributed by atoms with Crippen LogP contribution in [-0.2, 0) is 16.0 Å². The van der Waals surface area contributed by atoms with E-state index >= 15 is 0 Å². The molecule has 0 unspecified atom stereocenters. The van der Waals surface area contributed by atoms with Crippen molar-refractivity contribution in [1.29, 1.82) is 0 Å². The maximum absolute atomic E-state index is 11.8. The van der Waals surface area contributed by atoms with Crippen LogP contribution in [0.3, 0.4) is 0 Å². The van der Waals surface area contributed by atoms with E-state index in [1.165, 1.54) is 18.3 Å². The molecule has 1 heterocycles. The number of benzene rings is 1. The van der Waals surface area contributed by atoms with Crippen molar-refractivity contribution in [3.8, 4) is 0 Å². The van der Waals surface area contributed by atoms with Gasteiger partial charge in [0.25, 0.3) is 0 Å². The van der Waals surface area contributed by atoms with Gasteiger partial charge < -0.3 is 10.6 Å². The molecule has 0 aliphatic carbocycles. The number of carbonyl (C=O) groups excluding carboxylic acids is 2. The minimum atomic E-state index is -0.172. The predicted molar refractivity (Wildman–Crippen MR) is 75.2 cm³/mol. The Bertz CT molecular complexity index is 581. The molecule has 0 saturated carbocycles. The molecule has 1 aromatic carbocycles. The number of hydrogen-bond donors (Lipinski definition) is 2. The summed E-state index contributed by atoms with van der Waals surface area (Å²) in [5, 5.41) is 7.63. The van der Waals surface area contributed by atoms with E-state index in [4.69, 9.17) is 0 Å². The Morgan fingerprint density at radius 3 is 2.63 bits per heavy atom. The highest BCUT2D eigenvalue weighted by atomic mass is 32.1. The molecule has 0 aliphatic heterocycles. The van der Waals surface area contributed by atoms with Crippen LogP contribution in [0.2, 0.25) is 0 Å². The molecule has 0 fully saturated rings. The minimum Gasteiger partial charge on any atom is -0.326 e. The van der Waals surface area contributed by atoms with Crippen molar-refractivity contribution in [2.75, 3.05) is 10.6 Å². The second kappa shape index (κ2) is 6.10. The second-order valence-electron chi connectivity index (χ2n) is 3.92. The van der Waals surface area contributed by atoms with E-state index in [1.54, 1.807) is 5.38 Å². The van der Waals surface area contributed by atoms with E-state index in [0.717, 1.165) is 5.69 Å². The number of thiazole rings is 1. The molecule has 0 radical (unpaired) electrons. The Hall–Kier alpha value is -2.21. The highest BCUT2D eigenvalue weighted by Crippen LogP contribution is 2.16. The van der Waals surface area contributed by atoms with Crippen LogP contribution in [-0.4, -0.2) is 16.8 Å². The number of aromatic nitrogens is 1. The SMILES string of the molecule is CC(=O)Nc1nc(CC(=O)Nc2ccccc2)cs1. The van der Waals surface area contributed by atoms with E-state index < -0.39 is 0 Å². The normalized spacial score (nSPS) is 9.95. The van der Waals surface area contributed by atoms with Crippen LogP contribution >= 0.6 is 11.3 Å². The largest absolute Gasteiger partial charge is 0.326 e. The van der Waals surface area contributed by atoms with Crippen molar-refractivity contribution in [1.82, 2.24) is 4.98 Å². The summed E-state index contributed by atoms with van der Waals surface area (Å²) in [6.45, 7) is 1.42. The Kier molecular flexibility index (Phi) is 4.25. The molecule has 0 spiro atoms. The van der Waals surface area contributed by atoms with Gasteiger partial charge in [0.05, 0.1) is 12.1 Å². The zero-order chi connectivity index (χ0) is 13.7. The lowest BCUT2D eigenvalue weighted by Crippen LogP contribution is -2.14. The standard InChI is InChI=1S/C13H13N3O2S/c1-9(17)14-13-16-11(8-19-13)7-12(18)15-10-5-3-2-4-6-10/h2-6,8H,7H2,1H3,(H,15,18)(H,14,16,17). The van der Waals surface area contributed by atoms with Gasteiger partial charge in [-0.2, -0.15) is 0 Å². The summed E-state index contributed by atoms with van der Waals surface area (Å²) in [5.74, 6) is -0.305. The third kappa shape index (κ3) is 4.18. The molecule has 19 heavy (non-hydrogen) atoms. The summed E-state index contributed by atoms with van der Waals surface area (Å²) in [6, 6.07) is 9.24. The Morgan fingerprint density at radius 2 is 1.95 bits per heavy atom. The molecule has 6 heteroatoms. The number of amides is 2. The highest BCUT2D eigenvalue weighted by Gasteiger charge is 2.08. The molecule has 2 N–H and O–H groups in total. The lowest BCUT2D eigenvalue weighted by atomic mass is 10.3. The van der Waals surface area contributed by atoms with E-state index in [0.29, 0.717) is 10.8 Å². The van der Waals surface area contributed by atoms with Gasteiger partial charge in [0.2, 0.25) is 11.8 Å². The Morgan fingerprint density at radius 1 is 1.21 bits per heavy atom. The first kappa shape index (κ1) is 13.2. The number of carbonyl (C=O) groups is 2. The molecule has 0 bridgehead atoms. The molecule has 1 aromatic heterocycles. The molecule has 0 atom stereocenters. The molecule has 2 aromatic rings. The average Bonchev–Trinajstić information content (AvgIpc) is 2.76. The number of anilines is 2. The van der Waals surface area contributed by atoms with Gasteiger partial charge in [-0.1, -0.05) is 18.2 Å². The Labute approximate surface area is 114 Å². The maximum atomic E-state index is 11.8. The lowest BCUT2D eigenvalue weighted by Gasteiger charge is -2.02. The fourth-order valence-electron chi connectivity index (χ4n) is 1.49. The lowest BCUT2D eigenvalue weighted by molar-refractivity contribution is -0.116. The first-order valence-electron chi connectivity index (χ1n) is 5.70. The smallest absolute Gasteiger partial charge is 0.230 e. The van der Waals surface area contributed by atoms with E-state index in [1.807, 2.05) is 30.3 Å². The van der Waals surface area contributed by atoms with Gasteiger partial charge in [0.1, 0.15) is 0 Å². The van der Waals surface area contributed by atoms with Gasteiger partial charge in [-0.05, 0) is 12.1 Å². The van der Waals surface area contributed by atoms with Crippen molar-refractivity contribution in [3.63, 3.8) is 0 Å². The molecular formula is C13H13N3O2S. The maximum Gasteiger partial charge on any atom is 0.230 e. The van der Waals surface area contributed by atoms with E-state index in [-0.39, 0.29) is 18.2 Å². The van der Waals surface area contributed by atoms with Gasteiger partial charge in [-0.25, -0.2) is 4.98 Å². The van der Waals surface area contributed by atoms with Crippen LogP contribution in [0.1, 0.15) is 12.6 Å². The number of rotatable bonds is 4. The Balaban J connectivity index is 1.92. The number of nitrogens with one attached hydrogen (secondary N) is 2. The van der Waals surface area contributed by atoms with Crippen LogP contribution in [0.15, 0.2) is 35.7 Å². The predicted octanol–water partition coefficient (Wildman–Crippen LogP) is 2.28. The molecular weight excluding hydrogens is 262 g/mol. The highest BCUT2D eigenvalue weighted by molar-refractivity contribution is 7.13. The van der Waals surface area contributed by atoms with E-state index in [9.17, 15) is 9.59 Å². The summed E-state index contributed by atoms with van der Waals surface area (Å²) in [6.07, 6.45) is 0.185. The first-order valence-corrected chi connectivity index (χ1v) is 6.58. The monoisotopic (exact) mass is 275 g/mol. The van der Waals surface area contributed by atoms with Gasteiger partial charge in [0.15, 0.2) is 5.13 Å². The van der Waals surface area contributed by atoms with Crippen molar-refractivity contribution in [3.05, 3.63) is 41.4 Å². The quantitative estimate of drug-likeness (QED) is 0.899. The summed E-state index contributed by atoms with van der Waals surface area (Å²) >= 11 is 1.30. The van der Waals surface area contributed by atoms with Crippen LogP contribution in [0, 0.1) is 0 Å². The minimum absolute atomic E-state index is 0.133. The average molecular weight is 275 g/mol. The molecule has 0 saturated heterocycles. The topological polar surface area (TPSA) is 71.1 Å². The first-order chi connectivity index (χ1) is 9.13. The molecule has 0 aliphatic rings. The fraction of sp³-hybridized carbons (Fsp3) is 0.154. The third-order valence-corrected chi connectivity index (χ3v) is 3.04. The summed E-state index contributed by atoms with van der Waals surface area (Å²) in [7, 11) is 0. The fourth-order valence-corrected chi connectivity index (χ4v) is 2.24. The van der Waals surface area contributed by atoms with Gasteiger partial charge in [-0.3, -0.25) is 9.59 Å². The van der Waals surface area contributed by atoms with Crippen LogP contribution < -0.4 is 10.6 Å². The van der Waals surface area contributed by atoms with Gasteiger partial charge in [0, 0.05) is 18.0 Å². The molecule has 2 amide bonds. The third-order valence-electron chi connectivity index (χ3n) is 2.23. The summed E-state index contributed by atoms with van der Waals surface area (Å²) in [5.41, 5.74) is 1.40. The van der Waals surface area contributed by atoms with E-state index in [2.05, 4.69) is 15.6 Å². The van der Waals surface area contributed by atoms with Crippen molar-refractivity contribution in [2.45, 2.75) is 13.3 Å². The number of para-hydroxylation sites is 1. The van der Waals surface area contributed by atoms with Crippen molar-refractivity contribution < 1.29 is 9.59 Å². The molecule has 98 valence electrons. The number of hydrogen-bond acceptors (Lipinski definition) is 4. The van der Waals surface area contributed by atoms with Gasteiger partial charge in [-0.15, -0.1) is 11.3 Å². The van der Waals surface area contributed by atoms with Crippen molar-refractivity contribution in [2.24, 2.45) is 0 Å². The van der Waals surface area contributed by atoms with Crippen LogP contribution in [0.25, 0.3) is 0 Å².